The maximum Gasteiger partial charge on any atom is 0.337 e. The monoisotopic (exact) mass is 237 g/mol. The molecule has 0 bridgehead atoms. The summed E-state index contributed by atoms with van der Waals surface area (Å²) in [5.74, 6) is -1.13. The minimum absolute atomic E-state index is 0.00769. The molecule has 0 saturated heterocycles. The summed E-state index contributed by atoms with van der Waals surface area (Å²) in [6.45, 7) is 3.47. The molecular weight excluding hydrogens is 222 g/mol. The molecule has 0 aliphatic rings. The Balaban J connectivity index is 3.40. The van der Waals surface area contributed by atoms with Crippen LogP contribution in [0.15, 0.2) is 18.2 Å². The van der Waals surface area contributed by atoms with Crippen molar-refractivity contribution < 1.29 is 14.7 Å². The number of carbonyl (C=O) groups is 2. The molecule has 0 fully saturated rings. The summed E-state index contributed by atoms with van der Waals surface area (Å²) in [6.07, 6.45) is 0. The lowest BCUT2D eigenvalue weighted by Crippen LogP contribution is -2.41. The quantitative estimate of drug-likeness (QED) is 0.687. The Kier molecular flexibility index (Phi) is 3.57. The summed E-state index contributed by atoms with van der Waals surface area (Å²) < 4.78 is 0. The molecule has 0 radical (unpaired) electrons. The maximum atomic E-state index is 11.3. The van der Waals surface area contributed by atoms with Crippen LogP contribution < -0.4 is 16.4 Å². The van der Waals surface area contributed by atoms with Gasteiger partial charge in [0.15, 0.2) is 0 Å². The molecule has 6 heteroatoms. The van der Waals surface area contributed by atoms with E-state index in [0.29, 0.717) is 5.69 Å². The summed E-state index contributed by atoms with van der Waals surface area (Å²) in [5.41, 5.74) is 11.4. The molecule has 0 unspecified atom stereocenters. The van der Waals surface area contributed by atoms with E-state index in [0.717, 1.165) is 0 Å². The summed E-state index contributed by atoms with van der Waals surface area (Å²) in [6, 6.07) is 3.27. The number of rotatable bonds is 3. The van der Waals surface area contributed by atoms with Crippen LogP contribution in [-0.4, -0.2) is 23.1 Å². The van der Waals surface area contributed by atoms with Crippen LogP contribution in [0, 0.1) is 0 Å². The average Bonchev–Trinajstić information content (AvgIpc) is 2.15. The summed E-state index contributed by atoms with van der Waals surface area (Å²) in [5, 5.41) is 9.05. The Labute approximate surface area is 98.8 Å². The van der Waals surface area contributed by atoms with Gasteiger partial charge in [-0.25, -0.2) is 9.59 Å². The first-order chi connectivity index (χ1) is 7.84. The van der Waals surface area contributed by atoms with Crippen LogP contribution in [0.1, 0.15) is 24.2 Å². The molecule has 0 aliphatic carbocycles. The second-order valence-corrected chi connectivity index (χ2v) is 3.88. The number of amides is 2. The first kappa shape index (κ1) is 12.8. The molecule has 0 spiro atoms. The Hall–Kier alpha value is -2.24. The van der Waals surface area contributed by atoms with Crippen LogP contribution >= 0.6 is 0 Å². The van der Waals surface area contributed by atoms with Crippen LogP contribution in [0.25, 0.3) is 0 Å². The van der Waals surface area contributed by atoms with Crippen molar-refractivity contribution in [3.63, 3.8) is 0 Å². The van der Waals surface area contributed by atoms with Crippen molar-refractivity contribution in [1.29, 1.82) is 0 Å². The van der Waals surface area contributed by atoms with E-state index in [9.17, 15) is 9.59 Å². The highest BCUT2D eigenvalue weighted by Gasteiger charge is 2.22. The van der Waals surface area contributed by atoms with Crippen LogP contribution in [0.3, 0.4) is 0 Å². The molecule has 0 saturated carbocycles. The number of carboxylic acid groups (broad SMARTS) is 1. The fourth-order valence-corrected chi connectivity index (χ4v) is 1.58. The molecule has 6 nitrogen and oxygen atoms in total. The van der Waals surface area contributed by atoms with Crippen molar-refractivity contribution in [3.05, 3.63) is 23.8 Å². The van der Waals surface area contributed by atoms with Gasteiger partial charge >= 0.3 is 12.0 Å². The van der Waals surface area contributed by atoms with E-state index < -0.39 is 12.0 Å². The molecule has 0 heterocycles. The van der Waals surface area contributed by atoms with Crippen molar-refractivity contribution in [1.82, 2.24) is 0 Å². The van der Waals surface area contributed by atoms with E-state index in [2.05, 4.69) is 0 Å². The van der Waals surface area contributed by atoms with Crippen molar-refractivity contribution >= 4 is 23.4 Å². The number of nitrogens with two attached hydrogens (primary N) is 2. The zero-order valence-corrected chi connectivity index (χ0v) is 9.68. The Morgan fingerprint density at radius 1 is 1.35 bits per heavy atom. The smallest absolute Gasteiger partial charge is 0.337 e. The van der Waals surface area contributed by atoms with Gasteiger partial charge in [-0.15, -0.1) is 0 Å². The second-order valence-electron chi connectivity index (χ2n) is 3.88. The van der Waals surface area contributed by atoms with E-state index in [1.807, 2.05) is 0 Å². The number of nitrogens with zero attached hydrogens (tertiary/aromatic N) is 1. The molecule has 5 N–H and O–H groups in total. The fraction of sp³-hybridized carbons (Fsp3) is 0.273. The molecule has 0 aliphatic heterocycles. The number of nitrogen functional groups attached to an aromatic ring is 1. The third-order valence-corrected chi connectivity index (χ3v) is 2.27. The van der Waals surface area contributed by atoms with Crippen molar-refractivity contribution in [2.45, 2.75) is 19.9 Å². The third-order valence-electron chi connectivity index (χ3n) is 2.27. The minimum atomic E-state index is -1.13. The summed E-state index contributed by atoms with van der Waals surface area (Å²) in [4.78, 5) is 23.6. The topological polar surface area (TPSA) is 110 Å². The highest BCUT2D eigenvalue weighted by Crippen LogP contribution is 2.25. The largest absolute Gasteiger partial charge is 0.478 e. The SMILES string of the molecule is CC(C)N(C(N)=O)c1cc(N)ccc1C(=O)O. The fourth-order valence-electron chi connectivity index (χ4n) is 1.58. The lowest BCUT2D eigenvalue weighted by atomic mass is 10.1. The van der Waals surface area contributed by atoms with E-state index in [1.54, 1.807) is 13.8 Å². The van der Waals surface area contributed by atoms with Gasteiger partial charge in [0.05, 0.1) is 11.3 Å². The second kappa shape index (κ2) is 4.73. The van der Waals surface area contributed by atoms with Crippen LogP contribution in [0.2, 0.25) is 0 Å². The highest BCUT2D eigenvalue weighted by molar-refractivity contribution is 6.01. The first-order valence-electron chi connectivity index (χ1n) is 5.06. The van der Waals surface area contributed by atoms with Crippen LogP contribution in [-0.2, 0) is 0 Å². The standard InChI is InChI=1S/C11H15N3O3/c1-6(2)14(11(13)17)9-5-7(12)3-4-8(9)10(15)16/h3-6H,12H2,1-2H3,(H2,13,17)(H,15,16). The van der Waals surface area contributed by atoms with Gasteiger partial charge in [0.25, 0.3) is 0 Å². The number of aromatic carboxylic acids is 1. The predicted molar refractivity (Wildman–Crippen MR) is 65.0 cm³/mol. The van der Waals surface area contributed by atoms with Crippen molar-refractivity contribution in [2.75, 3.05) is 10.6 Å². The molecule has 1 rings (SSSR count). The van der Waals surface area contributed by atoms with E-state index in [1.165, 1.54) is 23.1 Å². The lowest BCUT2D eigenvalue weighted by molar-refractivity contribution is 0.0697. The van der Waals surface area contributed by atoms with E-state index in [4.69, 9.17) is 16.6 Å². The zero-order valence-electron chi connectivity index (χ0n) is 9.68. The molecule has 0 atom stereocenters. The highest BCUT2D eigenvalue weighted by atomic mass is 16.4. The molecule has 92 valence electrons. The summed E-state index contributed by atoms with van der Waals surface area (Å²) >= 11 is 0. The van der Waals surface area contributed by atoms with Gasteiger partial charge in [-0.05, 0) is 32.0 Å². The third kappa shape index (κ3) is 2.66. The van der Waals surface area contributed by atoms with Gasteiger partial charge < -0.3 is 16.6 Å². The molecule has 1 aromatic carbocycles. The van der Waals surface area contributed by atoms with Gasteiger partial charge in [-0.3, -0.25) is 4.90 Å². The number of hydrogen-bond acceptors (Lipinski definition) is 3. The number of benzene rings is 1. The molecule has 17 heavy (non-hydrogen) atoms. The lowest BCUT2D eigenvalue weighted by Gasteiger charge is -2.26. The Morgan fingerprint density at radius 2 is 1.94 bits per heavy atom. The maximum absolute atomic E-state index is 11.3. The van der Waals surface area contributed by atoms with Crippen molar-refractivity contribution in [3.8, 4) is 0 Å². The normalized spacial score (nSPS) is 10.3. The number of primary amides is 1. The number of urea groups is 1. The van der Waals surface area contributed by atoms with Gasteiger partial charge in [-0.1, -0.05) is 0 Å². The zero-order chi connectivity index (χ0) is 13.2. The van der Waals surface area contributed by atoms with E-state index in [-0.39, 0.29) is 17.3 Å². The molecular formula is C11H15N3O3. The minimum Gasteiger partial charge on any atom is -0.478 e. The van der Waals surface area contributed by atoms with Gasteiger partial charge in [-0.2, -0.15) is 0 Å². The van der Waals surface area contributed by atoms with Gasteiger partial charge in [0, 0.05) is 11.7 Å². The predicted octanol–water partition coefficient (Wildman–Crippen LogP) is 1.26. The van der Waals surface area contributed by atoms with E-state index >= 15 is 0 Å². The average molecular weight is 237 g/mol. The number of hydrogen-bond donors (Lipinski definition) is 3. The Bertz CT molecular complexity index is 457. The van der Waals surface area contributed by atoms with Gasteiger partial charge in [0.2, 0.25) is 0 Å². The van der Waals surface area contributed by atoms with Crippen LogP contribution in [0.4, 0.5) is 16.2 Å². The molecule has 0 aromatic heterocycles. The molecule has 1 aromatic rings. The Morgan fingerprint density at radius 3 is 2.35 bits per heavy atom. The first-order valence-corrected chi connectivity index (χ1v) is 5.06. The van der Waals surface area contributed by atoms with Crippen LogP contribution in [0.5, 0.6) is 0 Å². The number of anilines is 2. The molecule has 2 amide bonds. The number of carbonyl (C=O) groups excluding carboxylic acids is 1. The number of carboxylic acids is 1. The summed E-state index contributed by atoms with van der Waals surface area (Å²) in [7, 11) is 0. The van der Waals surface area contributed by atoms with Crippen molar-refractivity contribution in [2.24, 2.45) is 5.73 Å². The van der Waals surface area contributed by atoms with Gasteiger partial charge in [0.1, 0.15) is 0 Å².